The standard InChI is InChI=1S/C15H15NO4/c1-2-12-8-13(9-14(15(12)17)16(18)19)20-10-11-6-4-3-5-7-11/h3-9,17H,2,10H2,1H3. The van der Waals surface area contributed by atoms with Crippen LogP contribution in [0.2, 0.25) is 0 Å². The Hall–Kier alpha value is -2.56. The summed E-state index contributed by atoms with van der Waals surface area (Å²) < 4.78 is 5.56. The molecule has 2 rings (SSSR count). The second kappa shape index (κ2) is 6.06. The number of rotatable bonds is 5. The molecule has 0 bridgehead atoms. The van der Waals surface area contributed by atoms with E-state index >= 15 is 0 Å². The van der Waals surface area contributed by atoms with Crippen LogP contribution in [0.4, 0.5) is 5.69 Å². The van der Waals surface area contributed by atoms with Crippen LogP contribution >= 0.6 is 0 Å². The summed E-state index contributed by atoms with van der Waals surface area (Å²) >= 11 is 0. The van der Waals surface area contributed by atoms with Gasteiger partial charge in [-0.25, -0.2) is 0 Å². The van der Waals surface area contributed by atoms with E-state index in [0.717, 1.165) is 5.56 Å². The number of benzene rings is 2. The van der Waals surface area contributed by atoms with Crippen molar-refractivity contribution in [1.29, 1.82) is 0 Å². The Morgan fingerprint density at radius 3 is 2.55 bits per heavy atom. The third-order valence-corrected chi connectivity index (χ3v) is 2.97. The first-order chi connectivity index (χ1) is 9.61. The lowest BCUT2D eigenvalue weighted by molar-refractivity contribution is -0.386. The molecule has 0 heterocycles. The molecule has 20 heavy (non-hydrogen) atoms. The highest BCUT2D eigenvalue weighted by Crippen LogP contribution is 2.34. The van der Waals surface area contributed by atoms with Crippen LogP contribution in [0.5, 0.6) is 11.5 Å². The zero-order chi connectivity index (χ0) is 14.5. The highest BCUT2D eigenvalue weighted by Gasteiger charge is 2.18. The summed E-state index contributed by atoms with van der Waals surface area (Å²) in [5, 5.41) is 20.7. The van der Waals surface area contributed by atoms with Gasteiger partial charge in [-0.1, -0.05) is 37.3 Å². The molecule has 104 valence electrons. The molecule has 0 aliphatic heterocycles. The van der Waals surface area contributed by atoms with Gasteiger partial charge in [-0.2, -0.15) is 0 Å². The Balaban J connectivity index is 2.23. The predicted octanol–water partition coefficient (Wildman–Crippen LogP) is 3.44. The average molecular weight is 273 g/mol. The molecule has 0 radical (unpaired) electrons. The molecule has 1 N–H and O–H groups in total. The number of hydrogen-bond donors (Lipinski definition) is 1. The van der Waals surface area contributed by atoms with Gasteiger partial charge in [0.25, 0.3) is 0 Å². The fraction of sp³-hybridized carbons (Fsp3) is 0.200. The van der Waals surface area contributed by atoms with Crippen LogP contribution in [0.3, 0.4) is 0 Å². The van der Waals surface area contributed by atoms with Gasteiger partial charge in [0.05, 0.1) is 11.0 Å². The van der Waals surface area contributed by atoms with Gasteiger partial charge in [0.1, 0.15) is 12.4 Å². The Morgan fingerprint density at radius 2 is 1.95 bits per heavy atom. The van der Waals surface area contributed by atoms with Crippen LogP contribution in [0.1, 0.15) is 18.1 Å². The Labute approximate surface area is 116 Å². The van der Waals surface area contributed by atoms with Gasteiger partial charge < -0.3 is 9.84 Å². The van der Waals surface area contributed by atoms with Gasteiger partial charge in [0.2, 0.25) is 0 Å². The zero-order valence-corrected chi connectivity index (χ0v) is 11.1. The second-order valence-electron chi connectivity index (χ2n) is 4.34. The molecule has 0 aromatic heterocycles. The lowest BCUT2D eigenvalue weighted by Gasteiger charge is -2.09. The first-order valence-corrected chi connectivity index (χ1v) is 6.28. The number of nitrogens with zero attached hydrogens (tertiary/aromatic N) is 1. The van der Waals surface area contributed by atoms with E-state index in [1.807, 2.05) is 37.3 Å². The number of phenols is 1. The predicted molar refractivity (Wildman–Crippen MR) is 74.9 cm³/mol. The minimum absolute atomic E-state index is 0.287. The van der Waals surface area contributed by atoms with E-state index in [2.05, 4.69) is 0 Å². The number of ether oxygens (including phenoxy) is 1. The third kappa shape index (κ3) is 3.06. The number of aromatic hydroxyl groups is 1. The van der Waals surface area contributed by atoms with E-state index in [4.69, 9.17) is 4.74 Å². The maximum Gasteiger partial charge on any atom is 0.314 e. The second-order valence-corrected chi connectivity index (χ2v) is 4.34. The molecule has 0 aliphatic rings. The summed E-state index contributed by atoms with van der Waals surface area (Å²) in [6.07, 6.45) is 0.495. The number of hydrogen-bond acceptors (Lipinski definition) is 4. The Morgan fingerprint density at radius 1 is 1.25 bits per heavy atom. The van der Waals surface area contributed by atoms with Crippen LogP contribution in [0, 0.1) is 10.1 Å². The van der Waals surface area contributed by atoms with Crippen molar-refractivity contribution in [3.63, 3.8) is 0 Å². The fourth-order valence-electron chi connectivity index (χ4n) is 1.88. The van der Waals surface area contributed by atoms with Gasteiger partial charge in [-0.15, -0.1) is 0 Å². The van der Waals surface area contributed by atoms with Crippen LogP contribution < -0.4 is 4.74 Å². The minimum atomic E-state index is -0.607. The lowest BCUT2D eigenvalue weighted by atomic mass is 10.1. The van der Waals surface area contributed by atoms with Crippen molar-refractivity contribution in [3.05, 3.63) is 63.7 Å². The summed E-state index contributed by atoms with van der Waals surface area (Å²) in [4.78, 5) is 10.3. The molecule has 0 unspecified atom stereocenters. The van der Waals surface area contributed by atoms with E-state index in [1.165, 1.54) is 6.07 Å². The van der Waals surface area contributed by atoms with E-state index < -0.39 is 4.92 Å². The Kier molecular flexibility index (Phi) is 4.20. The highest BCUT2D eigenvalue weighted by atomic mass is 16.6. The number of aryl methyl sites for hydroxylation is 1. The van der Waals surface area contributed by atoms with Crippen molar-refractivity contribution in [2.45, 2.75) is 20.0 Å². The van der Waals surface area contributed by atoms with E-state index in [0.29, 0.717) is 24.3 Å². The normalized spacial score (nSPS) is 10.2. The molecular weight excluding hydrogens is 258 g/mol. The van der Waals surface area contributed by atoms with Crippen molar-refractivity contribution in [3.8, 4) is 11.5 Å². The third-order valence-electron chi connectivity index (χ3n) is 2.97. The Bertz CT molecular complexity index is 611. The first-order valence-electron chi connectivity index (χ1n) is 6.28. The molecular formula is C15H15NO4. The van der Waals surface area contributed by atoms with E-state index in [9.17, 15) is 15.2 Å². The largest absolute Gasteiger partial charge is 0.502 e. The number of phenolic OH excluding ortho intramolecular Hbond substituents is 1. The molecule has 0 aliphatic carbocycles. The van der Waals surface area contributed by atoms with Crippen LogP contribution in [0.15, 0.2) is 42.5 Å². The van der Waals surface area contributed by atoms with Gasteiger partial charge in [0.15, 0.2) is 5.75 Å². The molecule has 0 saturated heterocycles. The molecule has 5 heteroatoms. The summed E-state index contributed by atoms with van der Waals surface area (Å²) in [6, 6.07) is 12.4. The summed E-state index contributed by atoms with van der Waals surface area (Å²) in [5.74, 6) is 0.0970. The summed E-state index contributed by atoms with van der Waals surface area (Å²) in [6.45, 7) is 2.14. The van der Waals surface area contributed by atoms with Crippen LogP contribution in [0.25, 0.3) is 0 Å². The van der Waals surface area contributed by atoms with Crippen molar-refractivity contribution >= 4 is 5.69 Å². The number of nitro benzene ring substituents is 1. The molecule has 0 fully saturated rings. The molecule has 2 aromatic rings. The van der Waals surface area contributed by atoms with E-state index in [-0.39, 0.29) is 11.4 Å². The van der Waals surface area contributed by atoms with Gasteiger partial charge in [-0.05, 0) is 18.1 Å². The fourth-order valence-corrected chi connectivity index (χ4v) is 1.88. The van der Waals surface area contributed by atoms with E-state index in [1.54, 1.807) is 6.07 Å². The van der Waals surface area contributed by atoms with Crippen LogP contribution in [-0.2, 0) is 13.0 Å². The van der Waals surface area contributed by atoms with Gasteiger partial charge >= 0.3 is 5.69 Å². The van der Waals surface area contributed by atoms with Crippen LogP contribution in [-0.4, -0.2) is 10.0 Å². The van der Waals surface area contributed by atoms with Gasteiger partial charge in [-0.3, -0.25) is 10.1 Å². The smallest absolute Gasteiger partial charge is 0.314 e. The summed E-state index contributed by atoms with van der Waals surface area (Å²) in [7, 11) is 0. The maximum atomic E-state index is 10.9. The zero-order valence-electron chi connectivity index (χ0n) is 11.1. The molecule has 2 aromatic carbocycles. The van der Waals surface area contributed by atoms with Crippen molar-refractivity contribution in [1.82, 2.24) is 0 Å². The van der Waals surface area contributed by atoms with Crippen molar-refractivity contribution in [2.75, 3.05) is 0 Å². The first kappa shape index (κ1) is 13.9. The highest BCUT2D eigenvalue weighted by molar-refractivity contribution is 5.55. The maximum absolute atomic E-state index is 10.9. The molecule has 0 atom stereocenters. The molecule has 0 spiro atoms. The summed E-state index contributed by atoms with van der Waals surface area (Å²) in [5.41, 5.74) is 1.15. The quantitative estimate of drug-likeness (QED) is 0.669. The molecule has 5 nitrogen and oxygen atoms in total. The van der Waals surface area contributed by atoms with Gasteiger partial charge in [0, 0.05) is 5.56 Å². The topological polar surface area (TPSA) is 72.6 Å². The molecule has 0 saturated carbocycles. The lowest BCUT2D eigenvalue weighted by Crippen LogP contribution is -1.98. The van der Waals surface area contributed by atoms with Crippen molar-refractivity contribution in [2.24, 2.45) is 0 Å². The average Bonchev–Trinajstić information content (AvgIpc) is 2.47. The van der Waals surface area contributed by atoms with Crippen molar-refractivity contribution < 1.29 is 14.8 Å². The minimum Gasteiger partial charge on any atom is -0.502 e. The SMILES string of the molecule is CCc1cc(OCc2ccccc2)cc([N+](=O)[O-])c1O. The molecule has 0 amide bonds. The monoisotopic (exact) mass is 273 g/mol. The number of nitro groups is 1.